The van der Waals surface area contributed by atoms with Crippen molar-refractivity contribution in [3.8, 4) is 61.3 Å². The number of hydrogen-bond donors (Lipinski definition) is 0. The van der Waals surface area contributed by atoms with Crippen molar-refractivity contribution in [2.45, 2.75) is 19.1 Å². The number of fused-ring (bicyclic) bond motifs is 6. The Morgan fingerprint density at radius 3 is 1.85 bits per heavy atom. The predicted molar refractivity (Wildman–Crippen MR) is 275 cm³/mol. The predicted octanol–water partition coefficient (Wildman–Crippen LogP) is 17.2. The van der Waals surface area contributed by atoms with Gasteiger partial charge in [-0.1, -0.05) is 189 Å². The first-order valence-corrected chi connectivity index (χ1v) is 20.2. The second-order valence-corrected chi connectivity index (χ2v) is 15.1. The highest BCUT2D eigenvalue weighted by Gasteiger charge is 2.35. The summed E-state index contributed by atoms with van der Waals surface area (Å²) in [4.78, 5) is 0.334. The largest absolute Gasteiger partial charge is 0.310 e. The van der Waals surface area contributed by atoms with Gasteiger partial charge in [0.2, 0.25) is 0 Å². The molecule has 0 unspecified atom stereocenters. The summed E-state index contributed by atoms with van der Waals surface area (Å²) in [6.07, 6.45) is 0. The van der Waals surface area contributed by atoms with Crippen LogP contribution in [0.15, 0.2) is 242 Å². The second kappa shape index (κ2) is 15.6. The Balaban J connectivity index is 1.18. The summed E-state index contributed by atoms with van der Waals surface area (Å²) < 4.78 is 269. The maximum absolute atomic E-state index is 10.2. The minimum atomic E-state index is -3.97. The molecule has 0 radical (unpaired) electrons. The lowest BCUT2D eigenvalue weighted by atomic mass is 9.82. The first kappa shape index (κ1) is 18.9. The fourth-order valence-electron chi connectivity index (χ4n) is 8.31. The standard InChI is InChI=1S/C63H46N2/c1-63(2)59-26-13-11-24-55(59)56-38-37-52(42-60(56)63)64(50-35-30-46(31-36-50)54-23-10-9-22-53(54)45-18-7-4-8-19-45)49-33-28-44(29-34-49)48-32-39-62-58(41-48)57-25-12-14-27-61(57)65(62)51-21-15-20-47(40-51)43-16-5-3-6-17-43/h3-42H,1-2H3/i1D3,2D3,4D,7D,8D,9D,10D,11D,13D,18D,19D,23D,24D,26D,28D,29D,30D,31D,33D,34D,35D,36D,37D,38D,42D. The average Bonchev–Trinajstić information content (AvgIpc) is 1.41. The van der Waals surface area contributed by atoms with Crippen LogP contribution in [-0.4, -0.2) is 4.57 Å². The highest BCUT2D eigenvalue weighted by atomic mass is 15.1. The van der Waals surface area contributed by atoms with E-state index in [4.69, 9.17) is 23.3 Å². The maximum atomic E-state index is 10.2. The van der Waals surface area contributed by atoms with Crippen LogP contribution in [0, 0.1) is 0 Å². The van der Waals surface area contributed by atoms with Gasteiger partial charge in [0.05, 0.1) is 42.6 Å². The summed E-state index contributed by atoms with van der Waals surface area (Å²) in [6, 6.07) is 6.00. The van der Waals surface area contributed by atoms with Crippen molar-refractivity contribution in [2.75, 3.05) is 4.90 Å². The molecule has 1 aliphatic carbocycles. The van der Waals surface area contributed by atoms with Crippen LogP contribution in [0.5, 0.6) is 0 Å². The van der Waals surface area contributed by atoms with Crippen molar-refractivity contribution in [1.29, 1.82) is 0 Å². The van der Waals surface area contributed by atoms with Crippen LogP contribution in [0.1, 0.15) is 64.6 Å². The molecule has 65 heavy (non-hydrogen) atoms. The molecule has 1 aromatic heterocycles. The molecular weight excluding hydrogens is 785 g/mol. The van der Waals surface area contributed by atoms with Crippen LogP contribution in [-0.2, 0) is 5.41 Å². The summed E-state index contributed by atoms with van der Waals surface area (Å²) >= 11 is 0. The lowest BCUT2D eigenvalue weighted by Gasteiger charge is -2.28. The van der Waals surface area contributed by atoms with Gasteiger partial charge in [0.25, 0.3) is 0 Å². The van der Waals surface area contributed by atoms with Gasteiger partial charge in [0.15, 0.2) is 0 Å². The monoisotopic (exact) mass is 860 g/mol. The highest BCUT2D eigenvalue weighted by molar-refractivity contribution is 6.10. The Morgan fingerprint density at radius 1 is 0.400 bits per heavy atom. The van der Waals surface area contributed by atoms with Crippen molar-refractivity contribution in [2.24, 2.45) is 0 Å². The normalized spacial score (nSPS) is 19.3. The van der Waals surface area contributed by atoms with Crippen LogP contribution >= 0.6 is 0 Å². The third kappa shape index (κ3) is 6.57. The highest BCUT2D eigenvalue weighted by Crippen LogP contribution is 2.51. The topological polar surface area (TPSA) is 8.17 Å². The third-order valence-corrected chi connectivity index (χ3v) is 11.3. The molecule has 308 valence electrons. The molecule has 0 N–H and O–H groups in total. The van der Waals surface area contributed by atoms with Gasteiger partial charge in [-0.25, -0.2) is 0 Å². The molecule has 0 saturated carbocycles. The number of anilines is 3. The summed E-state index contributed by atoms with van der Waals surface area (Å²) in [5.74, 6) is 0. The number of benzene rings is 10. The zero-order chi connectivity index (χ0) is 68.5. The molecule has 2 heteroatoms. The SMILES string of the molecule is [2H]c1cc(-c2c([2H])c([2H])c([2H])c([2H])c2[2H])c(-c2c([2H])c([2H])c(N(c3c([2H])c([2H])c(-c4ccc5c(c4)c4ccccc4n5-c4cccc(-c5ccccc5)c4)c([2H])c3[2H])c3c([2H])c([2H])c4c(c3[2H])C(C([2H])([2H])[2H])(C([2H])([2H])[2H])c3c([2H])c([2H])c([2H])c([2H])c3-4)c([2H])c2[2H])c([2H])c1[2H]. The lowest BCUT2D eigenvalue weighted by molar-refractivity contribution is 0.660. The Bertz CT molecular complexity index is 5060. The molecule has 2 nitrogen and oxygen atoms in total. The van der Waals surface area contributed by atoms with E-state index >= 15 is 0 Å². The van der Waals surface area contributed by atoms with Crippen LogP contribution in [0.4, 0.5) is 17.1 Å². The van der Waals surface area contributed by atoms with E-state index in [-0.39, 0.29) is 11.1 Å². The van der Waals surface area contributed by atoms with E-state index in [1.807, 2.05) is 77.4 Å². The summed E-state index contributed by atoms with van der Waals surface area (Å²) in [5, 5.41) is 1.29. The second-order valence-electron chi connectivity index (χ2n) is 15.1. The van der Waals surface area contributed by atoms with Gasteiger partial charge in [-0.15, -0.1) is 0 Å². The first-order chi connectivity index (χ1) is 44.1. The summed E-state index contributed by atoms with van der Waals surface area (Å²) in [7, 11) is 0. The molecule has 1 aliphatic rings. The van der Waals surface area contributed by atoms with Crippen molar-refractivity contribution in [3.63, 3.8) is 0 Å². The summed E-state index contributed by atoms with van der Waals surface area (Å²) in [6.45, 7) is -7.95. The summed E-state index contributed by atoms with van der Waals surface area (Å²) in [5.41, 5.74) is -10.7. The molecule has 0 saturated heterocycles. The fraction of sp³-hybridized carbons (Fsp3) is 0.0476. The van der Waals surface area contributed by atoms with Crippen molar-refractivity contribution in [3.05, 3.63) is 253 Å². The van der Waals surface area contributed by atoms with Gasteiger partial charge >= 0.3 is 0 Å². The quantitative estimate of drug-likeness (QED) is 0.148. The van der Waals surface area contributed by atoms with Crippen molar-refractivity contribution < 1.29 is 39.8 Å². The minimum Gasteiger partial charge on any atom is -0.310 e. The maximum Gasteiger partial charge on any atom is 0.0648 e. The van der Waals surface area contributed by atoms with E-state index in [0.29, 0.717) is 21.2 Å². The van der Waals surface area contributed by atoms with Crippen molar-refractivity contribution >= 4 is 38.9 Å². The van der Waals surface area contributed by atoms with Gasteiger partial charge in [0.1, 0.15) is 0 Å². The number of aromatic nitrogens is 1. The Hall–Kier alpha value is -8.20. The Kier molecular flexibility index (Phi) is 4.52. The molecule has 11 aromatic rings. The molecule has 0 aliphatic heterocycles. The molecule has 1 heterocycles. The van der Waals surface area contributed by atoms with Gasteiger partial charge in [0, 0.05) is 47.2 Å². The molecular formula is C63H46N2. The molecule has 0 spiro atoms. The minimum absolute atomic E-state index is 0.0943. The Labute approximate surface area is 421 Å². The third-order valence-electron chi connectivity index (χ3n) is 11.3. The zero-order valence-corrected chi connectivity index (χ0v) is 33.7. The molecule has 0 bridgehead atoms. The number of para-hydroxylation sites is 1. The van der Waals surface area contributed by atoms with E-state index in [0.717, 1.165) is 28.4 Å². The van der Waals surface area contributed by atoms with Crippen LogP contribution in [0.3, 0.4) is 0 Å². The molecule has 0 fully saturated rings. The van der Waals surface area contributed by atoms with Crippen molar-refractivity contribution in [1.82, 2.24) is 4.57 Å². The Morgan fingerprint density at radius 2 is 1.03 bits per heavy atom. The van der Waals surface area contributed by atoms with Gasteiger partial charge in [-0.2, -0.15) is 0 Å². The van der Waals surface area contributed by atoms with E-state index in [1.54, 1.807) is 24.3 Å². The van der Waals surface area contributed by atoms with Crippen LogP contribution < -0.4 is 4.90 Å². The van der Waals surface area contributed by atoms with E-state index in [1.165, 1.54) is 0 Å². The molecule has 12 rings (SSSR count). The lowest BCUT2D eigenvalue weighted by Crippen LogP contribution is -2.16. The van der Waals surface area contributed by atoms with Crippen LogP contribution in [0.2, 0.25) is 0 Å². The van der Waals surface area contributed by atoms with E-state index in [9.17, 15) is 16.4 Å². The number of nitrogens with zero attached hydrogens (tertiary/aromatic N) is 2. The molecule has 0 atom stereocenters. The molecule has 0 amide bonds. The van der Waals surface area contributed by atoms with Gasteiger partial charge < -0.3 is 9.47 Å². The van der Waals surface area contributed by atoms with Crippen LogP contribution in [0.25, 0.3) is 83.1 Å². The fourth-order valence-corrected chi connectivity index (χ4v) is 8.31. The van der Waals surface area contributed by atoms with E-state index in [2.05, 4.69) is 0 Å². The first-order valence-electron chi connectivity index (χ1n) is 34.7. The van der Waals surface area contributed by atoms with Gasteiger partial charge in [-0.3, -0.25) is 0 Å². The van der Waals surface area contributed by atoms with E-state index < -0.39 is 220 Å². The van der Waals surface area contributed by atoms with Gasteiger partial charge in [-0.05, 0) is 133 Å². The molecule has 10 aromatic carbocycles. The smallest absolute Gasteiger partial charge is 0.0648 e. The number of hydrogen-bond acceptors (Lipinski definition) is 1. The zero-order valence-electron chi connectivity index (χ0n) is 62.7. The number of rotatable bonds is 8. The average molecular weight is 860 g/mol.